The van der Waals surface area contributed by atoms with Gasteiger partial charge in [0.15, 0.2) is 17.3 Å². The number of benzene rings is 2. The summed E-state index contributed by atoms with van der Waals surface area (Å²) in [6.45, 7) is 0.160. The summed E-state index contributed by atoms with van der Waals surface area (Å²) >= 11 is 0. The highest BCUT2D eigenvalue weighted by Gasteiger charge is 2.19. The molecule has 2 heterocycles. The van der Waals surface area contributed by atoms with Crippen LogP contribution in [0.1, 0.15) is 10.4 Å². The number of carbonyl (C=O) groups is 1. The third-order valence-corrected chi connectivity index (χ3v) is 3.55. The zero-order valence-electron chi connectivity index (χ0n) is 12.3. The molecule has 0 bridgehead atoms. The largest absolute Gasteiger partial charge is 0.454 e. The Labute approximate surface area is 135 Å². The van der Waals surface area contributed by atoms with Crippen LogP contribution >= 0.6 is 0 Å². The molecule has 0 atom stereocenters. The highest BCUT2D eigenvalue weighted by atomic mass is 19.1. The number of rotatable bonds is 3. The summed E-state index contributed by atoms with van der Waals surface area (Å²) in [5.74, 6) is 0.703. The summed E-state index contributed by atoms with van der Waals surface area (Å²) in [5.41, 5.74) is 1.36. The summed E-state index contributed by atoms with van der Waals surface area (Å²) in [6.07, 6.45) is 1.32. The maximum absolute atomic E-state index is 13.0. The fraction of sp³-hybridized carbons (Fsp3) is 0.0588. The van der Waals surface area contributed by atoms with Gasteiger partial charge in [-0.3, -0.25) is 4.79 Å². The van der Waals surface area contributed by atoms with E-state index >= 15 is 0 Å². The normalized spacial score (nSPS) is 12.2. The number of carbonyl (C=O) groups excluding carboxylic acids is 1. The first kappa shape index (κ1) is 14.3. The van der Waals surface area contributed by atoms with Crippen molar-refractivity contribution in [2.75, 3.05) is 12.1 Å². The number of halogens is 1. The Balaban J connectivity index is 1.59. The Morgan fingerprint density at radius 1 is 1.08 bits per heavy atom. The number of nitrogens with one attached hydrogen (secondary N) is 1. The van der Waals surface area contributed by atoms with Gasteiger partial charge in [-0.1, -0.05) is 5.16 Å². The number of ether oxygens (including phenoxy) is 2. The Morgan fingerprint density at radius 2 is 1.88 bits per heavy atom. The van der Waals surface area contributed by atoms with Crippen molar-refractivity contribution in [3.05, 3.63) is 60.0 Å². The van der Waals surface area contributed by atoms with E-state index < -0.39 is 5.91 Å². The van der Waals surface area contributed by atoms with Crippen molar-refractivity contribution in [2.45, 2.75) is 0 Å². The zero-order valence-corrected chi connectivity index (χ0v) is 12.3. The summed E-state index contributed by atoms with van der Waals surface area (Å²) in [4.78, 5) is 12.5. The maximum Gasteiger partial charge on any atom is 0.261 e. The van der Waals surface area contributed by atoms with Crippen LogP contribution in [0.4, 0.5) is 10.1 Å². The summed E-state index contributed by atoms with van der Waals surface area (Å²) < 4.78 is 28.7. The van der Waals surface area contributed by atoms with Gasteiger partial charge < -0.3 is 19.3 Å². The van der Waals surface area contributed by atoms with Crippen LogP contribution in [-0.2, 0) is 0 Å². The Kier molecular flexibility index (Phi) is 3.38. The zero-order chi connectivity index (χ0) is 16.5. The molecule has 1 amide bonds. The molecule has 1 N–H and O–H groups in total. The first-order valence-corrected chi connectivity index (χ1v) is 7.12. The third kappa shape index (κ3) is 2.56. The molecule has 0 fully saturated rings. The molecule has 4 rings (SSSR count). The fourth-order valence-corrected chi connectivity index (χ4v) is 2.38. The van der Waals surface area contributed by atoms with Crippen molar-refractivity contribution >= 4 is 11.6 Å². The van der Waals surface area contributed by atoms with Crippen LogP contribution in [0.3, 0.4) is 0 Å². The van der Waals surface area contributed by atoms with E-state index in [0.717, 1.165) is 0 Å². The van der Waals surface area contributed by atoms with Crippen LogP contribution < -0.4 is 14.8 Å². The van der Waals surface area contributed by atoms with Gasteiger partial charge in [0.1, 0.15) is 11.4 Å². The average molecular weight is 326 g/mol. The molecule has 0 spiro atoms. The second kappa shape index (κ2) is 5.69. The minimum absolute atomic E-state index is 0.160. The topological polar surface area (TPSA) is 73.6 Å². The molecule has 6 nitrogen and oxygen atoms in total. The van der Waals surface area contributed by atoms with E-state index in [0.29, 0.717) is 22.7 Å². The van der Waals surface area contributed by atoms with E-state index in [1.165, 1.54) is 30.5 Å². The second-order valence-electron chi connectivity index (χ2n) is 5.10. The number of amides is 1. The molecule has 24 heavy (non-hydrogen) atoms. The van der Waals surface area contributed by atoms with E-state index in [4.69, 9.17) is 14.0 Å². The average Bonchev–Trinajstić information content (AvgIpc) is 3.24. The lowest BCUT2D eigenvalue weighted by molar-refractivity contribution is 0.102. The van der Waals surface area contributed by atoms with E-state index in [2.05, 4.69) is 10.5 Å². The lowest BCUT2D eigenvalue weighted by Gasteiger charge is -2.06. The lowest BCUT2D eigenvalue weighted by atomic mass is 10.1. The van der Waals surface area contributed by atoms with Gasteiger partial charge in [0, 0.05) is 17.3 Å². The van der Waals surface area contributed by atoms with E-state index in [9.17, 15) is 9.18 Å². The number of hydrogen-bond donors (Lipinski definition) is 1. The van der Waals surface area contributed by atoms with Gasteiger partial charge >= 0.3 is 0 Å². The monoisotopic (exact) mass is 326 g/mol. The van der Waals surface area contributed by atoms with E-state index in [-0.39, 0.29) is 23.9 Å². The van der Waals surface area contributed by atoms with E-state index in [1.54, 1.807) is 18.2 Å². The predicted octanol–water partition coefficient (Wildman–Crippen LogP) is 3.46. The quantitative estimate of drug-likeness (QED) is 0.798. The van der Waals surface area contributed by atoms with Gasteiger partial charge in [-0.25, -0.2) is 4.39 Å². The summed E-state index contributed by atoms with van der Waals surface area (Å²) in [6, 6.07) is 10.7. The standard InChI is InChI=1S/C17H11FN2O4/c18-11-3-1-10(2-4-11)16-13(8-19-24-16)17(21)20-12-5-6-14-15(7-12)23-9-22-14/h1-8H,9H2,(H,20,21). The molecule has 1 aliphatic rings. The van der Waals surface area contributed by atoms with Crippen molar-refractivity contribution in [3.63, 3.8) is 0 Å². The van der Waals surface area contributed by atoms with Crippen molar-refractivity contribution in [1.82, 2.24) is 5.16 Å². The van der Waals surface area contributed by atoms with Gasteiger partial charge in [-0.15, -0.1) is 0 Å². The van der Waals surface area contributed by atoms with Gasteiger partial charge in [0.2, 0.25) is 6.79 Å². The highest BCUT2D eigenvalue weighted by Crippen LogP contribution is 2.34. The molecule has 1 aromatic heterocycles. The van der Waals surface area contributed by atoms with Gasteiger partial charge in [0.25, 0.3) is 5.91 Å². The van der Waals surface area contributed by atoms with Crippen LogP contribution in [0.15, 0.2) is 53.2 Å². The molecule has 1 aliphatic heterocycles. The molecular weight excluding hydrogens is 315 g/mol. The minimum Gasteiger partial charge on any atom is -0.454 e. The summed E-state index contributed by atoms with van der Waals surface area (Å²) in [7, 11) is 0. The van der Waals surface area contributed by atoms with Crippen LogP contribution in [0.2, 0.25) is 0 Å². The molecule has 0 saturated heterocycles. The van der Waals surface area contributed by atoms with Crippen LogP contribution in [0, 0.1) is 5.82 Å². The number of hydrogen-bond acceptors (Lipinski definition) is 5. The number of fused-ring (bicyclic) bond motifs is 1. The van der Waals surface area contributed by atoms with Gasteiger partial charge in [-0.2, -0.15) is 0 Å². The number of aromatic nitrogens is 1. The molecule has 0 unspecified atom stereocenters. The van der Waals surface area contributed by atoms with Crippen molar-refractivity contribution in [3.8, 4) is 22.8 Å². The lowest BCUT2D eigenvalue weighted by Crippen LogP contribution is -2.12. The van der Waals surface area contributed by atoms with Crippen LogP contribution in [0.25, 0.3) is 11.3 Å². The molecule has 2 aromatic carbocycles. The fourth-order valence-electron chi connectivity index (χ4n) is 2.38. The minimum atomic E-state index is -0.394. The molecule has 0 saturated carbocycles. The third-order valence-electron chi connectivity index (χ3n) is 3.55. The molecule has 0 aliphatic carbocycles. The van der Waals surface area contributed by atoms with Crippen LogP contribution in [0.5, 0.6) is 11.5 Å². The molecule has 7 heteroatoms. The van der Waals surface area contributed by atoms with Crippen LogP contribution in [-0.4, -0.2) is 17.9 Å². The molecule has 0 radical (unpaired) electrons. The SMILES string of the molecule is O=C(Nc1ccc2c(c1)OCO2)c1cnoc1-c1ccc(F)cc1. The Morgan fingerprint density at radius 3 is 2.71 bits per heavy atom. The van der Waals surface area contributed by atoms with E-state index in [1.807, 2.05) is 0 Å². The van der Waals surface area contributed by atoms with Gasteiger partial charge in [0.05, 0.1) is 6.20 Å². The first-order valence-electron chi connectivity index (χ1n) is 7.12. The molecule has 120 valence electrons. The molecule has 3 aromatic rings. The summed E-state index contributed by atoms with van der Waals surface area (Å²) in [5, 5.41) is 6.41. The number of anilines is 1. The smallest absolute Gasteiger partial charge is 0.261 e. The van der Waals surface area contributed by atoms with Gasteiger partial charge in [-0.05, 0) is 36.4 Å². The first-order chi connectivity index (χ1) is 11.7. The van der Waals surface area contributed by atoms with Crippen molar-refractivity contribution < 1.29 is 23.2 Å². The Bertz CT molecular complexity index is 905. The van der Waals surface area contributed by atoms with Crippen molar-refractivity contribution in [1.29, 1.82) is 0 Å². The molecular formula is C17H11FN2O4. The number of nitrogens with zero attached hydrogens (tertiary/aromatic N) is 1. The predicted molar refractivity (Wildman–Crippen MR) is 82.4 cm³/mol. The highest BCUT2D eigenvalue weighted by molar-refractivity contribution is 6.07. The van der Waals surface area contributed by atoms with Crippen molar-refractivity contribution in [2.24, 2.45) is 0 Å². The second-order valence-corrected chi connectivity index (χ2v) is 5.10. The maximum atomic E-state index is 13.0. The Hall–Kier alpha value is -3.35.